The van der Waals surface area contributed by atoms with E-state index in [9.17, 15) is 14.0 Å². The molecule has 120 valence electrons. The van der Waals surface area contributed by atoms with Crippen molar-refractivity contribution in [1.82, 2.24) is 4.90 Å². The van der Waals surface area contributed by atoms with Crippen LogP contribution in [0.25, 0.3) is 0 Å². The molecule has 1 aliphatic heterocycles. The number of nitrogens with zero attached hydrogens (tertiary/aromatic N) is 1. The number of rotatable bonds is 5. The molecule has 1 saturated heterocycles. The van der Waals surface area contributed by atoms with E-state index < -0.39 is 24.0 Å². The van der Waals surface area contributed by atoms with Gasteiger partial charge in [-0.25, -0.2) is 4.39 Å². The summed E-state index contributed by atoms with van der Waals surface area (Å²) >= 11 is 0. The summed E-state index contributed by atoms with van der Waals surface area (Å²) in [6, 6.07) is 5.56. The number of hydrogen-bond acceptors (Lipinski definition) is 4. The fourth-order valence-electron chi connectivity index (χ4n) is 2.29. The molecule has 22 heavy (non-hydrogen) atoms. The van der Waals surface area contributed by atoms with Crippen molar-refractivity contribution in [3.63, 3.8) is 0 Å². The highest BCUT2D eigenvalue weighted by Crippen LogP contribution is 2.16. The van der Waals surface area contributed by atoms with Crippen molar-refractivity contribution in [2.45, 2.75) is 25.6 Å². The van der Waals surface area contributed by atoms with E-state index in [0.717, 1.165) is 0 Å². The van der Waals surface area contributed by atoms with Crippen molar-refractivity contribution >= 4 is 11.9 Å². The Morgan fingerprint density at radius 1 is 1.55 bits per heavy atom. The minimum atomic E-state index is -0.969. The zero-order chi connectivity index (χ0) is 16.1. The summed E-state index contributed by atoms with van der Waals surface area (Å²) in [5.41, 5.74) is 0. The van der Waals surface area contributed by atoms with Crippen LogP contribution >= 0.6 is 0 Å². The zero-order valence-electron chi connectivity index (χ0n) is 12.2. The van der Waals surface area contributed by atoms with E-state index in [2.05, 4.69) is 0 Å². The number of carbonyl (C=O) groups is 2. The summed E-state index contributed by atoms with van der Waals surface area (Å²) in [5.74, 6) is -1.41. The topological polar surface area (TPSA) is 76.1 Å². The fraction of sp³-hybridized carbons (Fsp3) is 0.467. The second kappa shape index (κ2) is 7.22. The number of morpholine rings is 1. The Morgan fingerprint density at radius 2 is 2.32 bits per heavy atom. The Balaban J connectivity index is 1.93. The van der Waals surface area contributed by atoms with Gasteiger partial charge in [0.05, 0.1) is 19.1 Å². The van der Waals surface area contributed by atoms with Gasteiger partial charge in [-0.3, -0.25) is 9.59 Å². The maximum absolute atomic E-state index is 13.1. The Bertz CT molecular complexity index is 550. The average molecular weight is 311 g/mol. The molecule has 0 aromatic heterocycles. The maximum Gasteiger partial charge on any atom is 0.306 e. The van der Waals surface area contributed by atoms with Crippen molar-refractivity contribution in [2.75, 3.05) is 19.7 Å². The second-order valence-corrected chi connectivity index (χ2v) is 5.09. The molecule has 0 aliphatic carbocycles. The fourth-order valence-corrected chi connectivity index (χ4v) is 2.29. The summed E-state index contributed by atoms with van der Waals surface area (Å²) in [4.78, 5) is 24.5. The largest absolute Gasteiger partial charge is 0.481 e. The first kappa shape index (κ1) is 16.2. The number of carboxylic acids is 1. The first-order chi connectivity index (χ1) is 10.5. The average Bonchev–Trinajstić information content (AvgIpc) is 2.46. The number of ether oxygens (including phenoxy) is 2. The van der Waals surface area contributed by atoms with E-state index in [1.807, 2.05) is 0 Å². The van der Waals surface area contributed by atoms with E-state index >= 15 is 0 Å². The van der Waals surface area contributed by atoms with Gasteiger partial charge in [0.1, 0.15) is 11.6 Å². The van der Waals surface area contributed by atoms with Gasteiger partial charge in [-0.15, -0.1) is 0 Å². The molecule has 7 heteroatoms. The lowest BCUT2D eigenvalue weighted by Crippen LogP contribution is -2.50. The van der Waals surface area contributed by atoms with E-state index in [0.29, 0.717) is 6.54 Å². The maximum atomic E-state index is 13.1. The van der Waals surface area contributed by atoms with E-state index in [1.165, 1.54) is 23.1 Å². The van der Waals surface area contributed by atoms with Gasteiger partial charge in [0.2, 0.25) is 0 Å². The molecule has 0 bridgehead atoms. The van der Waals surface area contributed by atoms with Crippen LogP contribution < -0.4 is 4.74 Å². The summed E-state index contributed by atoms with van der Waals surface area (Å²) in [7, 11) is 0. The highest BCUT2D eigenvalue weighted by atomic mass is 19.1. The lowest BCUT2D eigenvalue weighted by molar-refractivity contribution is -0.151. The number of carbonyl (C=O) groups excluding carboxylic acids is 1. The molecule has 1 N–H and O–H groups in total. The Kier molecular flexibility index (Phi) is 5.32. The quantitative estimate of drug-likeness (QED) is 0.887. The van der Waals surface area contributed by atoms with Crippen molar-refractivity contribution < 1.29 is 28.6 Å². The van der Waals surface area contributed by atoms with Gasteiger partial charge in [0, 0.05) is 19.2 Å². The Hall–Kier alpha value is -2.15. The van der Waals surface area contributed by atoms with E-state index in [1.54, 1.807) is 13.0 Å². The monoisotopic (exact) mass is 311 g/mol. The summed E-state index contributed by atoms with van der Waals surface area (Å²) in [6.07, 6.45) is -1.45. The van der Waals surface area contributed by atoms with Crippen LogP contribution in [0.15, 0.2) is 24.3 Å². The van der Waals surface area contributed by atoms with Gasteiger partial charge < -0.3 is 19.5 Å². The highest BCUT2D eigenvalue weighted by Gasteiger charge is 2.29. The van der Waals surface area contributed by atoms with Gasteiger partial charge in [-0.1, -0.05) is 6.07 Å². The van der Waals surface area contributed by atoms with Gasteiger partial charge in [-0.05, 0) is 19.1 Å². The molecule has 2 rings (SSSR count). The van der Waals surface area contributed by atoms with Crippen LogP contribution in [0.3, 0.4) is 0 Å². The number of carboxylic acid groups (broad SMARTS) is 1. The minimum absolute atomic E-state index is 0.150. The number of benzene rings is 1. The van der Waals surface area contributed by atoms with Crippen LogP contribution in [-0.2, 0) is 14.3 Å². The van der Waals surface area contributed by atoms with E-state index in [4.69, 9.17) is 14.6 Å². The summed E-state index contributed by atoms with van der Waals surface area (Å²) in [5, 5.41) is 8.78. The third kappa shape index (κ3) is 4.42. The lowest BCUT2D eigenvalue weighted by atomic mass is 10.2. The Morgan fingerprint density at radius 3 is 3.00 bits per heavy atom. The molecule has 1 fully saturated rings. The molecule has 1 aliphatic rings. The van der Waals surface area contributed by atoms with Gasteiger partial charge in [0.15, 0.2) is 6.10 Å². The second-order valence-electron chi connectivity index (χ2n) is 5.09. The summed E-state index contributed by atoms with van der Waals surface area (Å²) in [6.45, 7) is 2.46. The van der Waals surface area contributed by atoms with Crippen LogP contribution in [0.5, 0.6) is 5.75 Å². The van der Waals surface area contributed by atoms with Crippen molar-refractivity contribution in [1.29, 1.82) is 0 Å². The number of hydrogen-bond donors (Lipinski definition) is 1. The third-order valence-corrected chi connectivity index (χ3v) is 3.31. The van der Waals surface area contributed by atoms with Gasteiger partial charge in [0.25, 0.3) is 5.91 Å². The van der Waals surface area contributed by atoms with Crippen molar-refractivity contribution in [2.24, 2.45) is 0 Å². The first-order valence-corrected chi connectivity index (χ1v) is 7.00. The van der Waals surface area contributed by atoms with Gasteiger partial charge >= 0.3 is 5.97 Å². The molecular weight excluding hydrogens is 293 g/mol. The molecule has 0 saturated carbocycles. The third-order valence-electron chi connectivity index (χ3n) is 3.31. The molecule has 2 unspecified atom stereocenters. The molecule has 6 nitrogen and oxygen atoms in total. The van der Waals surface area contributed by atoms with E-state index in [-0.39, 0.29) is 31.2 Å². The molecule has 1 heterocycles. The van der Waals surface area contributed by atoms with Crippen molar-refractivity contribution in [3.8, 4) is 5.75 Å². The molecule has 1 aromatic rings. The molecule has 0 radical (unpaired) electrons. The smallest absolute Gasteiger partial charge is 0.306 e. The SMILES string of the molecule is CC(Oc1cccc(F)c1)C(=O)N1CCOC(CC(=O)O)C1. The number of amides is 1. The highest BCUT2D eigenvalue weighted by molar-refractivity contribution is 5.81. The predicted octanol–water partition coefficient (Wildman–Crippen LogP) is 1.30. The zero-order valence-corrected chi connectivity index (χ0v) is 12.2. The van der Waals surface area contributed by atoms with Crippen LogP contribution in [0.4, 0.5) is 4.39 Å². The van der Waals surface area contributed by atoms with Crippen LogP contribution in [0.2, 0.25) is 0 Å². The molecule has 2 atom stereocenters. The molecular formula is C15H18FNO5. The van der Waals surface area contributed by atoms with Crippen LogP contribution in [0.1, 0.15) is 13.3 Å². The number of halogens is 1. The molecule has 1 aromatic carbocycles. The van der Waals surface area contributed by atoms with Gasteiger partial charge in [-0.2, -0.15) is 0 Å². The predicted molar refractivity (Wildman–Crippen MR) is 75.1 cm³/mol. The minimum Gasteiger partial charge on any atom is -0.481 e. The molecule has 0 spiro atoms. The van der Waals surface area contributed by atoms with Crippen LogP contribution in [-0.4, -0.2) is 53.8 Å². The first-order valence-electron chi connectivity index (χ1n) is 7.00. The Labute approximate surface area is 127 Å². The number of aliphatic carboxylic acids is 1. The van der Waals surface area contributed by atoms with Crippen LogP contribution in [0, 0.1) is 5.82 Å². The lowest BCUT2D eigenvalue weighted by Gasteiger charge is -2.33. The standard InChI is InChI=1S/C15H18FNO5/c1-10(22-12-4-2-3-11(16)7-12)15(20)17-5-6-21-13(9-17)8-14(18)19/h2-4,7,10,13H,5-6,8-9H2,1H3,(H,18,19). The normalized spacial score (nSPS) is 19.5. The van der Waals surface area contributed by atoms with Crippen molar-refractivity contribution in [3.05, 3.63) is 30.1 Å². The molecule has 1 amide bonds. The summed E-state index contributed by atoms with van der Waals surface area (Å²) < 4.78 is 23.9.